The quantitative estimate of drug-likeness (QED) is 0.534. The number of hydrogen-bond donors (Lipinski definition) is 0. The van der Waals surface area contributed by atoms with Gasteiger partial charge in [0.25, 0.3) is 0 Å². The van der Waals surface area contributed by atoms with Crippen molar-refractivity contribution in [1.82, 2.24) is 0 Å². The maximum Gasteiger partial charge on any atom is 0.118 e. The highest BCUT2D eigenvalue weighted by Crippen LogP contribution is 2.35. The summed E-state index contributed by atoms with van der Waals surface area (Å²) >= 11 is 0. The van der Waals surface area contributed by atoms with Crippen LogP contribution in [0.5, 0.6) is 11.5 Å². The van der Waals surface area contributed by atoms with Crippen molar-refractivity contribution in [3.63, 3.8) is 0 Å². The van der Waals surface area contributed by atoms with Crippen LogP contribution in [0.25, 0.3) is 0 Å². The Labute approximate surface area is 167 Å². The Kier molecular flexibility index (Phi) is 5.52. The second-order valence-corrected chi connectivity index (χ2v) is 7.27. The molecule has 28 heavy (non-hydrogen) atoms. The van der Waals surface area contributed by atoms with E-state index in [0.717, 1.165) is 11.5 Å². The van der Waals surface area contributed by atoms with Gasteiger partial charge in [-0.15, -0.1) is 0 Å². The fourth-order valence-electron chi connectivity index (χ4n) is 4.02. The molecule has 3 aromatic rings. The van der Waals surface area contributed by atoms with Crippen LogP contribution in [0.15, 0.2) is 72.8 Å². The van der Waals surface area contributed by atoms with Gasteiger partial charge in [-0.05, 0) is 65.9 Å². The summed E-state index contributed by atoms with van der Waals surface area (Å²) in [5.74, 6) is 1.92. The van der Waals surface area contributed by atoms with E-state index in [2.05, 4.69) is 53.4 Å². The molecule has 0 aromatic heterocycles. The summed E-state index contributed by atoms with van der Waals surface area (Å²) in [6.07, 6.45) is 2.59. The van der Waals surface area contributed by atoms with Crippen molar-refractivity contribution >= 4 is 5.69 Å². The highest BCUT2D eigenvalue weighted by molar-refractivity contribution is 5.52. The zero-order chi connectivity index (χ0) is 19.3. The Hall–Kier alpha value is -2.94. The number of nitrogens with zero attached hydrogens (tertiary/aromatic N) is 1. The Balaban J connectivity index is 1.70. The van der Waals surface area contributed by atoms with Gasteiger partial charge in [0.2, 0.25) is 0 Å². The first-order chi connectivity index (χ1) is 13.8. The van der Waals surface area contributed by atoms with Crippen LogP contribution in [0.1, 0.15) is 35.4 Å². The Morgan fingerprint density at radius 2 is 1.00 bits per heavy atom. The van der Waals surface area contributed by atoms with Gasteiger partial charge in [-0.25, -0.2) is 0 Å². The van der Waals surface area contributed by atoms with Gasteiger partial charge in [-0.2, -0.15) is 0 Å². The van der Waals surface area contributed by atoms with Crippen molar-refractivity contribution in [2.75, 3.05) is 32.2 Å². The molecular weight excluding hydrogens is 346 g/mol. The Bertz CT molecular complexity index is 832. The number of rotatable bonds is 6. The molecule has 1 heterocycles. The van der Waals surface area contributed by atoms with Crippen LogP contribution in [0, 0.1) is 0 Å². The van der Waals surface area contributed by atoms with E-state index < -0.39 is 0 Å². The minimum atomic E-state index is 0.171. The molecule has 0 atom stereocenters. The van der Waals surface area contributed by atoms with Crippen molar-refractivity contribution < 1.29 is 9.47 Å². The van der Waals surface area contributed by atoms with Gasteiger partial charge in [-0.3, -0.25) is 0 Å². The van der Waals surface area contributed by atoms with Crippen molar-refractivity contribution in [2.24, 2.45) is 0 Å². The molecule has 3 heteroatoms. The lowest BCUT2D eigenvalue weighted by atomic mass is 9.85. The first-order valence-electron chi connectivity index (χ1n) is 9.91. The lowest BCUT2D eigenvalue weighted by molar-refractivity contribution is 0.414. The molecule has 0 amide bonds. The molecule has 0 bridgehead atoms. The second-order valence-electron chi connectivity index (χ2n) is 7.27. The van der Waals surface area contributed by atoms with E-state index in [1.807, 2.05) is 24.3 Å². The van der Waals surface area contributed by atoms with E-state index in [4.69, 9.17) is 9.47 Å². The molecule has 1 aliphatic rings. The van der Waals surface area contributed by atoms with Crippen LogP contribution in [0.2, 0.25) is 0 Å². The molecular formula is C25H27NO2. The average Bonchev–Trinajstić information content (AvgIpc) is 3.30. The number of ether oxygens (including phenoxy) is 2. The highest BCUT2D eigenvalue weighted by Gasteiger charge is 2.18. The monoisotopic (exact) mass is 373 g/mol. The fraction of sp³-hybridized carbons (Fsp3) is 0.280. The number of anilines is 1. The van der Waals surface area contributed by atoms with Crippen molar-refractivity contribution in [3.8, 4) is 11.5 Å². The van der Waals surface area contributed by atoms with E-state index in [9.17, 15) is 0 Å². The Morgan fingerprint density at radius 3 is 1.39 bits per heavy atom. The van der Waals surface area contributed by atoms with Gasteiger partial charge in [-0.1, -0.05) is 36.4 Å². The highest BCUT2D eigenvalue weighted by atomic mass is 16.5. The zero-order valence-electron chi connectivity index (χ0n) is 16.6. The largest absolute Gasteiger partial charge is 0.497 e. The van der Waals surface area contributed by atoms with Gasteiger partial charge in [0, 0.05) is 24.7 Å². The van der Waals surface area contributed by atoms with Gasteiger partial charge < -0.3 is 14.4 Å². The van der Waals surface area contributed by atoms with Gasteiger partial charge in [0.15, 0.2) is 0 Å². The predicted molar refractivity (Wildman–Crippen MR) is 115 cm³/mol. The molecule has 0 spiro atoms. The first kappa shape index (κ1) is 18.4. The van der Waals surface area contributed by atoms with E-state index in [0.29, 0.717) is 0 Å². The summed E-state index contributed by atoms with van der Waals surface area (Å²) in [4.78, 5) is 2.47. The van der Waals surface area contributed by atoms with E-state index in [1.54, 1.807) is 14.2 Å². The minimum Gasteiger partial charge on any atom is -0.497 e. The summed E-state index contributed by atoms with van der Waals surface area (Å²) in [6.45, 7) is 2.33. The average molecular weight is 373 g/mol. The number of methoxy groups -OCH3 is 2. The van der Waals surface area contributed by atoms with Gasteiger partial charge >= 0.3 is 0 Å². The van der Waals surface area contributed by atoms with Crippen LogP contribution in [-0.4, -0.2) is 27.3 Å². The molecule has 0 N–H and O–H groups in total. The van der Waals surface area contributed by atoms with Crippen LogP contribution in [0.3, 0.4) is 0 Å². The molecule has 0 unspecified atom stereocenters. The summed E-state index contributed by atoms with van der Waals surface area (Å²) in [5, 5.41) is 0. The maximum atomic E-state index is 5.34. The third-order valence-corrected chi connectivity index (χ3v) is 5.60. The van der Waals surface area contributed by atoms with Crippen LogP contribution < -0.4 is 14.4 Å². The summed E-state index contributed by atoms with van der Waals surface area (Å²) in [5.41, 5.74) is 5.11. The van der Waals surface area contributed by atoms with E-state index >= 15 is 0 Å². The van der Waals surface area contributed by atoms with E-state index in [-0.39, 0.29) is 5.92 Å². The summed E-state index contributed by atoms with van der Waals surface area (Å²) in [7, 11) is 3.40. The normalized spacial score (nSPS) is 13.8. The lowest BCUT2D eigenvalue weighted by Gasteiger charge is -2.22. The number of hydrogen-bond acceptors (Lipinski definition) is 3. The molecule has 144 valence electrons. The Morgan fingerprint density at radius 1 is 0.607 bits per heavy atom. The molecule has 1 aliphatic heterocycles. The summed E-state index contributed by atoms with van der Waals surface area (Å²) in [6, 6.07) is 25.8. The van der Waals surface area contributed by atoms with Gasteiger partial charge in [0.05, 0.1) is 14.2 Å². The first-order valence-corrected chi connectivity index (χ1v) is 9.91. The maximum absolute atomic E-state index is 5.34. The van der Waals surface area contributed by atoms with Crippen LogP contribution in [0.4, 0.5) is 5.69 Å². The topological polar surface area (TPSA) is 21.7 Å². The molecule has 0 saturated carbocycles. The molecule has 3 nitrogen and oxygen atoms in total. The smallest absolute Gasteiger partial charge is 0.118 e. The van der Waals surface area contributed by atoms with Crippen molar-refractivity contribution in [1.29, 1.82) is 0 Å². The lowest BCUT2D eigenvalue weighted by Crippen LogP contribution is -2.17. The summed E-state index contributed by atoms with van der Waals surface area (Å²) < 4.78 is 10.7. The standard InChI is InChI=1S/C25H27NO2/c1-27-23-13-7-20(8-14-23)25(21-9-15-24(28-2)16-10-21)19-5-11-22(12-6-19)26-17-3-4-18-26/h5-16,25H,3-4,17-18H2,1-2H3. The fourth-order valence-corrected chi connectivity index (χ4v) is 4.02. The van der Waals surface area contributed by atoms with Gasteiger partial charge in [0.1, 0.15) is 11.5 Å². The molecule has 0 radical (unpaired) electrons. The number of benzene rings is 3. The van der Waals surface area contributed by atoms with Crippen molar-refractivity contribution in [2.45, 2.75) is 18.8 Å². The van der Waals surface area contributed by atoms with E-state index in [1.165, 1.54) is 48.3 Å². The van der Waals surface area contributed by atoms with Crippen LogP contribution in [-0.2, 0) is 0 Å². The predicted octanol–water partition coefficient (Wildman–Crippen LogP) is 5.48. The minimum absolute atomic E-state index is 0.171. The third kappa shape index (κ3) is 3.84. The van der Waals surface area contributed by atoms with Crippen LogP contribution >= 0.6 is 0 Å². The molecule has 1 fully saturated rings. The second kappa shape index (κ2) is 8.39. The molecule has 0 aliphatic carbocycles. The third-order valence-electron chi connectivity index (χ3n) is 5.60. The molecule has 4 rings (SSSR count). The SMILES string of the molecule is COc1ccc(C(c2ccc(OC)cc2)c2ccc(N3CCCC3)cc2)cc1. The molecule has 3 aromatic carbocycles. The van der Waals surface area contributed by atoms with Crippen molar-refractivity contribution in [3.05, 3.63) is 89.5 Å². The molecule has 1 saturated heterocycles. The zero-order valence-corrected chi connectivity index (χ0v) is 16.6.